The SMILES string of the molecule is CO/N=C(/C(=O)N[C@@H]1C(=O)N2C(C(=O)O)=C(COC(C)=O)CS[C@H]12)c1csc(N)n1.CO/N=C(\C(=O)N[C@@H]1C(=O)N2C(C(=O)O)=CCS[C@H]12)c1csc(N)n1. The average Bonchev–Trinajstić information content (AvgIpc) is 3.79. The molecule has 0 aliphatic carbocycles. The quantitative estimate of drug-likeness (QED) is 0.0634. The summed E-state index contributed by atoms with van der Waals surface area (Å²) in [4.78, 5) is 104. The minimum atomic E-state index is -1.32. The summed E-state index contributed by atoms with van der Waals surface area (Å²) in [6.07, 6.45) is 1.47. The topological polar surface area (TPSA) is 321 Å². The number of fused-ring (bicyclic) bond motifs is 2. The van der Waals surface area contributed by atoms with Gasteiger partial charge in [0.05, 0.1) is 0 Å². The van der Waals surface area contributed by atoms with Gasteiger partial charge in [0.25, 0.3) is 23.6 Å². The molecule has 0 saturated carbocycles. The van der Waals surface area contributed by atoms with Crippen molar-refractivity contribution in [2.75, 3.05) is 43.8 Å². The van der Waals surface area contributed by atoms with Crippen LogP contribution in [-0.4, -0.2) is 138 Å². The van der Waals surface area contributed by atoms with Crippen LogP contribution in [0.1, 0.15) is 18.3 Å². The number of aromatic nitrogens is 2. The zero-order valence-corrected chi connectivity index (χ0v) is 31.9. The van der Waals surface area contributed by atoms with Gasteiger partial charge in [0.2, 0.25) is 0 Å². The summed E-state index contributed by atoms with van der Waals surface area (Å²) in [5.74, 6) is -4.87. The molecule has 0 spiro atoms. The van der Waals surface area contributed by atoms with Crippen LogP contribution in [0.15, 0.2) is 44.1 Å². The Balaban J connectivity index is 0.000000214. The van der Waals surface area contributed by atoms with Crippen LogP contribution in [0, 0.1) is 0 Å². The van der Waals surface area contributed by atoms with Gasteiger partial charge in [-0.25, -0.2) is 19.6 Å². The summed E-state index contributed by atoms with van der Waals surface area (Å²) in [6, 6.07) is -1.82. The summed E-state index contributed by atoms with van der Waals surface area (Å²) < 4.78 is 4.88. The second-order valence-corrected chi connectivity index (χ2v) is 15.1. The predicted octanol–water partition coefficient (Wildman–Crippen LogP) is -1.18. The lowest BCUT2D eigenvalue weighted by molar-refractivity contribution is -0.150. The Morgan fingerprint density at radius 3 is 1.80 bits per heavy atom. The molecule has 4 atom stereocenters. The fraction of sp³-hybridized carbons (Fsp3) is 0.345. The van der Waals surface area contributed by atoms with Gasteiger partial charge in [-0.3, -0.25) is 33.8 Å². The number of hydrogen-bond donors (Lipinski definition) is 6. The molecule has 4 aliphatic rings. The number of esters is 1. The van der Waals surface area contributed by atoms with Gasteiger partial charge in [-0.1, -0.05) is 10.3 Å². The van der Waals surface area contributed by atoms with Gasteiger partial charge in [-0.15, -0.1) is 46.2 Å². The second-order valence-electron chi connectivity index (χ2n) is 11.1. The molecule has 2 aromatic rings. The molecule has 2 aromatic heterocycles. The van der Waals surface area contributed by atoms with E-state index in [1.54, 1.807) is 5.38 Å². The van der Waals surface area contributed by atoms with E-state index in [0.717, 1.165) is 32.5 Å². The molecule has 0 aromatic carbocycles. The summed E-state index contributed by atoms with van der Waals surface area (Å²) in [5, 5.41) is 33.5. The first-order valence-electron chi connectivity index (χ1n) is 15.4. The highest BCUT2D eigenvalue weighted by atomic mass is 32.2. The van der Waals surface area contributed by atoms with E-state index < -0.39 is 64.4 Å². The van der Waals surface area contributed by atoms with Crippen molar-refractivity contribution in [3.05, 3.63) is 45.2 Å². The summed E-state index contributed by atoms with van der Waals surface area (Å²) in [5.41, 5.74) is 11.3. The Kier molecular flexibility index (Phi) is 12.6. The Labute approximate surface area is 326 Å². The minimum absolute atomic E-state index is 0.0719. The third kappa shape index (κ3) is 8.50. The first-order valence-corrected chi connectivity index (χ1v) is 19.2. The van der Waals surface area contributed by atoms with E-state index in [0.29, 0.717) is 11.3 Å². The number of nitrogens with two attached hydrogens (primary N) is 2. The number of aliphatic carboxylic acids is 2. The number of nitrogen functional groups attached to an aromatic ring is 2. The molecule has 2 fully saturated rings. The molecule has 0 bridgehead atoms. The Hall–Kier alpha value is -5.73. The lowest BCUT2D eigenvalue weighted by Gasteiger charge is -2.49. The maximum absolute atomic E-state index is 12.7. The monoisotopic (exact) mass is 838 g/mol. The van der Waals surface area contributed by atoms with Crippen LogP contribution in [0.4, 0.5) is 10.3 Å². The average molecular weight is 839 g/mol. The van der Waals surface area contributed by atoms with Crippen LogP contribution in [0.5, 0.6) is 0 Å². The molecular formula is C29H30N10O12S4. The van der Waals surface area contributed by atoms with Crippen molar-refractivity contribution in [3.63, 3.8) is 0 Å². The highest BCUT2D eigenvalue weighted by Gasteiger charge is 2.55. The molecule has 4 amide bonds. The number of hydrogen-bond acceptors (Lipinski definition) is 20. The third-order valence-corrected chi connectivity index (χ3v) is 11.5. The number of β-lactam (4-membered cyclic amide) rings is 2. The maximum atomic E-state index is 12.7. The number of ether oxygens (including phenoxy) is 1. The number of amides is 4. The first-order chi connectivity index (χ1) is 26.2. The molecule has 6 rings (SSSR count). The molecule has 22 nitrogen and oxygen atoms in total. The van der Waals surface area contributed by atoms with E-state index >= 15 is 0 Å². The van der Waals surface area contributed by atoms with E-state index in [1.807, 2.05) is 0 Å². The number of anilines is 2. The minimum Gasteiger partial charge on any atom is -0.477 e. The number of carboxylic acids is 2. The zero-order chi connectivity index (χ0) is 40.1. The van der Waals surface area contributed by atoms with Crippen molar-refractivity contribution in [1.82, 2.24) is 30.4 Å². The normalized spacial score (nSPS) is 21.7. The Morgan fingerprint density at radius 2 is 1.36 bits per heavy atom. The van der Waals surface area contributed by atoms with Gasteiger partial charge in [0, 0.05) is 34.8 Å². The fourth-order valence-electron chi connectivity index (χ4n) is 5.32. The van der Waals surface area contributed by atoms with Crippen molar-refractivity contribution < 1.29 is 58.2 Å². The summed E-state index contributed by atoms with van der Waals surface area (Å²) in [7, 11) is 2.53. The highest BCUT2D eigenvalue weighted by molar-refractivity contribution is 8.00. The number of thioether (sulfide) groups is 2. The van der Waals surface area contributed by atoms with Gasteiger partial charge in [-0.05, 0) is 6.08 Å². The number of carbonyl (C=O) groups excluding carboxylic acids is 5. The molecule has 0 radical (unpaired) electrons. The lowest BCUT2D eigenvalue weighted by Crippen LogP contribution is -2.71. The maximum Gasteiger partial charge on any atom is 0.352 e. The van der Waals surface area contributed by atoms with Crippen molar-refractivity contribution in [3.8, 4) is 0 Å². The van der Waals surface area contributed by atoms with Crippen molar-refractivity contribution in [2.45, 2.75) is 29.8 Å². The van der Waals surface area contributed by atoms with Crippen molar-refractivity contribution in [2.24, 2.45) is 10.3 Å². The Bertz CT molecular complexity index is 2060. The van der Waals surface area contributed by atoms with Crippen LogP contribution in [0.3, 0.4) is 0 Å². The zero-order valence-electron chi connectivity index (χ0n) is 28.6. The number of nitrogens with zero attached hydrogens (tertiary/aromatic N) is 6. The smallest absolute Gasteiger partial charge is 0.352 e. The molecule has 26 heteroatoms. The van der Waals surface area contributed by atoms with E-state index in [4.69, 9.17) is 21.3 Å². The largest absolute Gasteiger partial charge is 0.477 e. The lowest BCUT2D eigenvalue weighted by atomic mass is 10.0. The number of carbonyl (C=O) groups is 7. The second kappa shape index (κ2) is 17.2. The highest BCUT2D eigenvalue weighted by Crippen LogP contribution is 2.41. The summed E-state index contributed by atoms with van der Waals surface area (Å²) >= 11 is 4.85. The van der Waals surface area contributed by atoms with E-state index in [1.165, 1.54) is 56.1 Å². The summed E-state index contributed by atoms with van der Waals surface area (Å²) in [6.45, 7) is 0.975. The molecular weight excluding hydrogens is 809 g/mol. The number of nitrogens with one attached hydrogen (secondary N) is 2. The standard InChI is InChI=1S/C16H17N5O7S2.C13H13N5O5S2/c1-6(22)28-3-7-4-29-14-10(13(24)21(14)11(7)15(25)26)19-12(23)9(20-27-2)8-5-30-16(17)18-8;1-23-17-7(5-4-25-13(14)15-5)9(19)16-8-10(20)18-6(12(21)22)2-3-24-11(8)18/h5,10,14H,3-4H2,1-2H3,(H2,17,18)(H,19,23)(H,25,26);2,4,8,11H,3H2,1H3,(H2,14,15)(H,16,19)(H,21,22)/b20-9+;17-7-/t10-,14-;8-,11-/m11/s1. The number of oxime groups is 2. The van der Waals surface area contributed by atoms with Gasteiger partial charge in [0.1, 0.15) is 66.4 Å². The van der Waals surface area contributed by atoms with E-state index in [2.05, 4.69) is 40.6 Å². The molecule has 2 saturated heterocycles. The van der Waals surface area contributed by atoms with Crippen LogP contribution < -0.4 is 22.1 Å². The van der Waals surface area contributed by atoms with Gasteiger partial charge >= 0.3 is 17.9 Å². The molecule has 4 aliphatic heterocycles. The molecule has 6 heterocycles. The van der Waals surface area contributed by atoms with Gasteiger partial charge < -0.3 is 46.7 Å². The molecule has 55 heavy (non-hydrogen) atoms. The number of rotatable bonds is 12. The Morgan fingerprint density at radius 1 is 0.855 bits per heavy atom. The van der Waals surface area contributed by atoms with Crippen LogP contribution in [0.25, 0.3) is 0 Å². The predicted molar refractivity (Wildman–Crippen MR) is 197 cm³/mol. The number of thiazole rings is 2. The van der Waals surface area contributed by atoms with Crippen LogP contribution in [-0.2, 0) is 48.0 Å². The molecule has 8 N–H and O–H groups in total. The van der Waals surface area contributed by atoms with Crippen LogP contribution in [0.2, 0.25) is 0 Å². The van der Waals surface area contributed by atoms with Gasteiger partial charge in [0.15, 0.2) is 21.7 Å². The first kappa shape index (κ1) is 40.5. The fourth-order valence-corrected chi connectivity index (χ4v) is 8.94. The molecule has 292 valence electrons. The van der Waals surface area contributed by atoms with Crippen molar-refractivity contribution >= 4 is 109 Å². The van der Waals surface area contributed by atoms with E-state index in [-0.39, 0.29) is 56.8 Å². The van der Waals surface area contributed by atoms with Crippen LogP contribution >= 0.6 is 46.2 Å². The third-order valence-electron chi connectivity index (χ3n) is 7.66. The van der Waals surface area contributed by atoms with Crippen molar-refractivity contribution in [1.29, 1.82) is 0 Å². The van der Waals surface area contributed by atoms with Gasteiger partial charge in [-0.2, -0.15) is 0 Å². The van der Waals surface area contributed by atoms with E-state index in [9.17, 15) is 38.7 Å². The molecule has 0 unspecified atom stereocenters. The number of carboxylic acid groups (broad SMARTS) is 2.